The molecule has 1 N–H and O–H groups in total. The molecule has 0 aliphatic rings. The number of hydrogen-bond donors (Lipinski definition) is 1. The van der Waals surface area contributed by atoms with Crippen molar-refractivity contribution in [2.75, 3.05) is 6.54 Å². The summed E-state index contributed by atoms with van der Waals surface area (Å²) in [5, 5.41) is 4.29. The minimum absolute atomic E-state index is 0.187. The first-order chi connectivity index (χ1) is 9.51. The van der Waals surface area contributed by atoms with Crippen molar-refractivity contribution < 1.29 is 0 Å². The molecule has 1 atom stereocenters. The van der Waals surface area contributed by atoms with Crippen LogP contribution in [0, 0.1) is 13.8 Å². The van der Waals surface area contributed by atoms with E-state index in [1.54, 1.807) is 0 Å². The van der Waals surface area contributed by atoms with Gasteiger partial charge in [0.05, 0.1) is 11.1 Å². The monoisotopic (exact) mass is 351 g/mol. The second-order valence-electron chi connectivity index (χ2n) is 5.09. The Morgan fingerprint density at radius 3 is 2.25 bits per heavy atom. The molecule has 2 aromatic rings. The molecule has 0 aliphatic heterocycles. The first-order valence-corrected chi connectivity index (χ1v) is 7.95. The van der Waals surface area contributed by atoms with Crippen LogP contribution in [0.15, 0.2) is 40.9 Å². The Kier molecular flexibility index (Phi) is 5.25. The summed E-state index contributed by atoms with van der Waals surface area (Å²) >= 11 is 9.60. The molecule has 0 heterocycles. The van der Waals surface area contributed by atoms with E-state index in [2.05, 4.69) is 72.3 Å². The van der Waals surface area contributed by atoms with Crippen LogP contribution in [0.3, 0.4) is 0 Å². The molecule has 3 heteroatoms. The van der Waals surface area contributed by atoms with Gasteiger partial charge in [0.25, 0.3) is 0 Å². The average Bonchev–Trinajstić information content (AvgIpc) is 2.38. The molecule has 2 aromatic carbocycles. The van der Waals surface area contributed by atoms with Crippen molar-refractivity contribution in [1.29, 1.82) is 0 Å². The van der Waals surface area contributed by atoms with E-state index in [0.29, 0.717) is 0 Å². The van der Waals surface area contributed by atoms with Crippen LogP contribution in [-0.2, 0) is 0 Å². The lowest BCUT2D eigenvalue weighted by molar-refractivity contribution is 0.629. The SMILES string of the molecule is CCNC(c1cc(C)cc(C)c1)c1ccc(Cl)c(Br)c1. The zero-order valence-corrected chi connectivity index (χ0v) is 14.3. The van der Waals surface area contributed by atoms with E-state index in [-0.39, 0.29) is 6.04 Å². The lowest BCUT2D eigenvalue weighted by Crippen LogP contribution is -2.22. The molecule has 0 saturated carbocycles. The van der Waals surface area contributed by atoms with Gasteiger partial charge in [-0.1, -0.05) is 53.9 Å². The Morgan fingerprint density at radius 2 is 1.70 bits per heavy atom. The molecule has 106 valence electrons. The van der Waals surface area contributed by atoms with Gasteiger partial charge in [0.1, 0.15) is 0 Å². The number of hydrogen-bond acceptors (Lipinski definition) is 1. The average molecular weight is 353 g/mol. The highest BCUT2D eigenvalue weighted by atomic mass is 79.9. The molecule has 1 unspecified atom stereocenters. The molecule has 0 aromatic heterocycles. The van der Waals surface area contributed by atoms with Crippen molar-refractivity contribution in [3.63, 3.8) is 0 Å². The third-order valence-electron chi connectivity index (χ3n) is 3.26. The van der Waals surface area contributed by atoms with E-state index >= 15 is 0 Å². The lowest BCUT2D eigenvalue weighted by atomic mass is 9.95. The zero-order valence-electron chi connectivity index (χ0n) is 12.0. The van der Waals surface area contributed by atoms with E-state index < -0.39 is 0 Å². The number of nitrogens with one attached hydrogen (secondary N) is 1. The molecular formula is C17H19BrClN. The van der Waals surface area contributed by atoms with Crippen molar-refractivity contribution in [2.45, 2.75) is 26.8 Å². The van der Waals surface area contributed by atoms with Gasteiger partial charge in [-0.2, -0.15) is 0 Å². The molecule has 0 saturated heterocycles. The van der Waals surface area contributed by atoms with Crippen LogP contribution in [-0.4, -0.2) is 6.54 Å². The van der Waals surface area contributed by atoms with Gasteiger partial charge in [0.2, 0.25) is 0 Å². The number of rotatable bonds is 4. The number of halogens is 2. The fourth-order valence-corrected chi connectivity index (χ4v) is 3.01. The van der Waals surface area contributed by atoms with Crippen molar-refractivity contribution in [1.82, 2.24) is 5.32 Å². The highest BCUT2D eigenvalue weighted by Crippen LogP contribution is 2.30. The van der Waals surface area contributed by atoms with Crippen LogP contribution in [0.25, 0.3) is 0 Å². The molecule has 0 radical (unpaired) electrons. The highest BCUT2D eigenvalue weighted by Gasteiger charge is 2.14. The maximum Gasteiger partial charge on any atom is 0.0577 e. The summed E-state index contributed by atoms with van der Waals surface area (Å²) in [6, 6.07) is 13.0. The Hall–Kier alpha value is -0.830. The Labute approximate surface area is 134 Å². The summed E-state index contributed by atoms with van der Waals surface area (Å²) in [5.41, 5.74) is 5.08. The van der Waals surface area contributed by atoms with Gasteiger partial charge in [-0.05, 0) is 59.6 Å². The van der Waals surface area contributed by atoms with Gasteiger partial charge >= 0.3 is 0 Å². The van der Waals surface area contributed by atoms with Gasteiger partial charge in [-0.15, -0.1) is 0 Å². The predicted molar refractivity (Wildman–Crippen MR) is 90.6 cm³/mol. The third-order valence-corrected chi connectivity index (χ3v) is 4.48. The number of aryl methyl sites for hydroxylation is 2. The molecule has 2 rings (SSSR count). The largest absolute Gasteiger partial charge is 0.307 e. The van der Waals surface area contributed by atoms with Crippen molar-refractivity contribution in [2.24, 2.45) is 0 Å². The number of benzene rings is 2. The van der Waals surface area contributed by atoms with Gasteiger partial charge in [-0.3, -0.25) is 0 Å². The topological polar surface area (TPSA) is 12.0 Å². The van der Waals surface area contributed by atoms with Gasteiger partial charge in [0.15, 0.2) is 0 Å². The maximum absolute atomic E-state index is 6.09. The summed E-state index contributed by atoms with van der Waals surface area (Å²) in [6.07, 6.45) is 0. The second kappa shape index (κ2) is 6.75. The third kappa shape index (κ3) is 3.63. The van der Waals surface area contributed by atoms with Crippen LogP contribution in [0.5, 0.6) is 0 Å². The van der Waals surface area contributed by atoms with Gasteiger partial charge in [0, 0.05) is 4.47 Å². The first-order valence-electron chi connectivity index (χ1n) is 6.77. The van der Waals surface area contributed by atoms with Crippen LogP contribution in [0.1, 0.15) is 35.2 Å². The van der Waals surface area contributed by atoms with Crippen molar-refractivity contribution in [3.8, 4) is 0 Å². The molecule has 0 spiro atoms. The molecule has 1 nitrogen and oxygen atoms in total. The fourth-order valence-electron chi connectivity index (χ4n) is 2.50. The standard InChI is InChI=1S/C17H19BrClN/c1-4-20-17(13-5-6-16(19)15(18)10-13)14-8-11(2)7-12(3)9-14/h5-10,17,20H,4H2,1-3H3. The summed E-state index contributed by atoms with van der Waals surface area (Å²) in [6.45, 7) is 7.31. The van der Waals surface area contributed by atoms with E-state index in [0.717, 1.165) is 16.0 Å². The van der Waals surface area contributed by atoms with Crippen LogP contribution in [0.2, 0.25) is 5.02 Å². The molecule has 0 fully saturated rings. The molecule has 0 bridgehead atoms. The summed E-state index contributed by atoms with van der Waals surface area (Å²) < 4.78 is 0.934. The van der Waals surface area contributed by atoms with Gasteiger partial charge in [-0.25, -0.2) is 0 Å². The Morgan fingerprint density at radius 1 is 1.05 bits per heavy atom. The summed E-state index contributed by atoms with van der Waals surface area (Å²) in [5.74, 6) is 0. The zero-order chi connectivity index (χ0) is 14.7. The molecule has 0 aliphatic carbocycles. The van der Waals surface area contributed by atoms with E-state index in [1.807, 2.05) is 6.07 Å². The van der Waals surface area contributed by atoms with Crippen LogP contribution >= 0.6 is 27.5 Å². The minimum Gasteiger partial charge on any atom is -0.307 e. The van der Waals surface area contributed by atoms with Crippen LogP contribution < -0.4 is 5.32 Å². The van der Waals surface area contributed by atoms with E-state index in [9.17, 15) is 0 Å². The quantitative estimate of drug-likeness (QED) is 0.775. The molecule has 20 heavy (non-hydrogen) atoms. The first kappa shape index (κ1) is 15.6. The van der Waals surface area contributed by atoms with E-state index in [1.165, 1.54) is 22.3 Å². The fraction of sp³-hybridized carbons (Fsp3) is 0.294. The predicted octanol–water partition coefficient (Wildman–Crippen LogP) is 5.42. The van der Waals surface area contributed by atoms with Gasteiger partial charge < -0.3 is 5.32 Å². The second-order valence-corrected chi connectivity index (χ2v) is 6.35. The Balaban J connectivity index is 2.46. The smallest absolute Gasteiger partial charge is 0.0577 e. The summed E-state index contributed by atoms with van der Waals surface area (Å²) in [4.78, 5) is 0. The van der Waals surface area contributed by atoms with E-state index in [4.69, 9.17) is 11.6 Å². The van der Waals surface area contributed by atoms with Crippen molar-refractivity contribution >= 4 is 27.5 Å². The van der Waals surface area contributed by atoms with Crippen molar-refractivity contribution in [3.05, 3.63) is 68.1 Å². The maximum atomic E-state index is 6.09. The molecule has 0 amide bonds. The molecular weight excluding hydrogens is 334 g/mol. The normalized spacial score (nSPS) is 12.4. The highest BCUT2D eigenvalue weighted by molar-refractivity contribution is 9.10. The van der Waals surface area contributed by atoms with Crippen LogP contribution in [0.4, 0.5) is 0 Å². The minimum atomic E-state index is 0.187. The lowest BCUT2D eigenvalue weighted by Gasteiger charge is -2.20. The Bertz CT molecular complexity index is 590. The summed E-state index contributed by atoms with van der Waals surface area (Å²) in [7, 11) is 0.